The van der Waals surface area contributed by atoms with E-state index in [9.17, 15) is 4.79 Å². The van der Waals surface area contributed by atoms with E-state index in [2.05, 4.69) is 19.1 Å². The number of amides is 1. The summed E-state index contributed by atoms with van der Waals surface area (Å²) in [6.45, 7) is 3.79. The van der Waals surface area contributed by atoms with Crippen molar-refractivity contribution < 1.29 is 9.53 Å². The zero-order valence-corrected chi connectivity index (χ0v) is 11.4. The minimum absolute atomic E-state index is 0.0128. The first kappa shape index (κ1) is 13.9. The maximum Gasteiger partial charge on any atom is 0.409 e. The number of hydrogen-bond donors (Lipinski definition) is 1. The van der Waals surface area contributed by atoms with E-state index in [0.717, 1.165) is 12.8 Å². The van der Waals surface area contributed by atoms with Crippen molar-refractivity contribution in [1.29, 1.82) is 0 Å². The van der Waals surface area contributed by atoms with Crippen LogP contribution in [0.2, 0.25) is 0 Å². The van der Waals surface area contributed by atoms with Crippen LogP contribution in [0.4, 0.5) is 4.79 Å². The Labute approximate surface area is 114 Å². The van der Waals surface area contributed by atoms with Crippen molar-refractivity contribution in [3.63, 3.8) is 0 Å². The van der Waals surface area contributed by atoms with Gasteiger partial charge < -0.3 is 15.4 Å². The first-order valence-electron chi connectivity index (χ1n) is 6.94. The first-order chi connectivity index (χ1) is 9.22. The van der Waals surface area contributed by atoms with E-state index >= 15 is 0 Å². The Hall–Kier alpha value is -1.55. The van der Waals surface area contributed by atoms with Gasteiger partial charge in [-0.1, -0.05) is 43.7 Å². The molecule has 0 radical (unpaired) electrons. The van der Waals surface area contributed by atoms with Gasteiger partial charge in [-0.15, -0.1) is 0 Å². The number of carbonyl (C=O) groups excluding carboxylic acids is 1. The van der Waals surface area contributed by atoms with Gasteiger partial charge in [0, 0.05) is 25.0 Å². The fraction of sp³-hybridized carbons (Fsp3) is 0.533. The molecule has 1 fully saturated rings. The lowest BCUT2D eigenvalue weighted by atomic mass is 9.95. The molecule has 1 aliphatic rings. The Balaban J connectivity index is 1.92. The molecule has 1 aromatic carbocycles. The quantitative estimate of drug-likeness (QED) is 0.847. The molecule has 4 heteroatoms. The minimum atomic E-state index is -0.234. The van der Waals surface area contributed by atoms with Gasteiger partial charge in [0.1, 0.15) is 0 Å². The second kappa shape index (κ2) is 6.57. The molecular weight excluding hydrogens is 240 g/mol. The molecule has 19 heavy (non-hydrogen) atoms. The van der Waals surface area contributed by atoms with Crippen LogP contribution in [-0.4, -0.2) is 36.7 Å². The van der Waals surface area contributed by atoms with Gasteiger partial charge >= 0.3 is 6.09 Å². The molecule has 0 bridgehead atoms. The third-order valence-electron chi connectivity index (χ3n) is 3.57. The van der Waals surface area contributed by atoms with Crippen LogP contribution in [0.3, 0.4) is 0 Å². The zero-order valence-electron chi connectivity index (χ0n) is 11.4. The van der Waals surface area contributed by atoms with Crippen molar-refractivity contribution in [2.45, 2.75) is 31.7 Å². The van der Waals surface area contributed by atoms with E-state index in [0.29, 0.717) is 19.7 Å². The molecule has 1 aromatic rings. The molecule has 0 spiro atoms. The van der Waals surface area contributed by atoms with Gasteiger partial charge in [-0.05, 0) is 12.0 Å². The molecule has 4 nitrogen and oxygen atoms in total. The van der Waals surface area contributed by atoms with E-state index in [-0.39, 0.29) is 18.1 Å². The number of unbranched alkanes of at least 4 members (excludes halogenated alkanes) is 1. The molecule has 0 aliphatic carbocycles. The van der Waals surface area contributed by atoms with Crippen molar-refractivity contribution in [2.75, 3.05) is 19.7 Å². The van der Waals surface area contributed by atoms with Crippen LogP contribution in [0.5, 0.6) is 0 Å². The summed E-state index contributed by atoms with van der Waals surface area (Å²) in [7, 11) is 0. The van der Waals surface area contributed by atoms with Crippen LogP contribution in [0.25, 0.3) is 0 Å². The van der Waals surface area contributed by atoms with Crippen LogP contribution in [0, 0.1) is 0 Å². The highest BCUT2D eigenvalue weighted by Crippen LogP contribution is 2.26. The van der Waals surface area contributed by atoms with Crippen LogP contribution >= 0.6 is 0 Å². The highest BCUT2D eigenvalue weighted by molar-refractivity contribution is 5.68. The van der Waals surface area contributed by atoms with Gasteiger partial charge in [0.2, 0.25) is 0 Å². The Kier molecular flexibility index (Phi) is 4.80. The van der Waals surface area contributed by atoms with Gasteiger partial charge in [-0.3, -0.25) is 0 Å². The maximum atomic E-state index is 11.9. The smallest absolute Gasteiger partial charge is 0.409 e. The molecule has 2 rings (SSSR count). The summed E-state index contributed by atoms with van der Waals surface area (Å²) in [5, 5.41) is 0. The SMILES string of the molecule is CCCCOC(=O)N1CC(N)C(c2ccccc2)C1. The van der Waals surface area contributed by atoms with Crippen molar-refractivity contribution >= 4 is 6.09 Å². The summed E-state index contributed by atoms with van der Waals surface area (Å²) < 4.78 is 5.23. The summed E-state index contributed by atoms with van der Waals surface area (Å²) in [6.07, 6.45) is 1.70. The van der Waals surface area contributed by atoms with Crippen LogP contribution < -0.4 is 5.73 Å². The number of rotatable bonds is 4. The zero-order chi connectivity index (χ0) is 13.7. The van der Waals surface area contributed by atoms with Gasteiger partial charge in [-0.25, -0.2) is 4.79 Å². The predicted octanol–water partition coefficient (Wildman–Crippen LogP) is 2.35. The normalized spacial score (nSPS) is 22.5. The topological polar surface area (TPSA) is 55.6 Å². The first-order valence-corrected chi connectivity index (χ1v) is 6.94. The third-order valence-corrected chi connectivity index (χ3v) is 3.57. The molecule has 1 amide bonds. The Bertz CT molecular complexity index is 408. The fourth-order valence-corrected chi connectivity index (χ4v) is 2.43. The second-order valence-electron chi connectivity index (χ2n) is 5.05. The summed E-state index contributed by atoms with van der Waals surface area (Å²) in [5.74, 6) is 0.208. The van der Waals surface area contributed by atoms with Crippen molar-refractivity contribution in [3.05, 3.63) is 35.9 Å². The Morgan fingerprint density at radius 3 is 2.79 bits per heavy atom. The van der Waals surface area contributed by atoms with E-state index in [1.54, 1.807) is 4.90 Å². The Morgan fingerprint density at radius 2 is 2.11 bits per heavy atom. The summed E-state index contributed by atoms with van der Waals surface area (Å²) in [5.41, 5.74) is 7.34. The monoisotopic (exact) mass is 262 g/mol. The summed E-state index contributed by atoms with van der Waals surface area (Å²) in [4.78, 5) is 13.6. The second-order valence-corrected chi connectivity index (χ2v) is 5.05. The van der Waals surface area contributed by atoms with Crippen molar-refractivity contribution in [3.8, 4) is 0 Å². The summed E-state index contributed by atoms with van der Waals surface area (Å²) >= 11 is 0. The fourth-order valence-electron chi connectivity index (χ4n) is 2.43. The van der Waals surface area contributed by atoms with E-state index in [1.165, 1.54) is 5.56 Å². The number of benzene rings is 1. The molecule has 1 saturated heterocycles. The molecule has 1 aliphatic heterocycles. The van der Waals surface area contributed by atoms with E-state index in [4.69, 9.17) is 10.5 Å². The Morgan fingerprint density at radius 1 is 1.37 bits per heavy atom. The van der Waals surface area contributed by atoms with Crippen LogP contribution in [0.1, 0.15) is 31.2 Å². The lowest BCUT2D eigenvalue weighted by Gasteiger charge is -2.16. The number of hydrogen-bond acceptors (Lipinski definition) is 3. The average molecular weight is 262 g/mol. The van der Waals surface area contributed by atoms with Crippen molar-refractivity contribution in [1.82, 2.24) is 4.90 Å². The van der Waals surface area contributed by atoms with Gasteiger partial charge in [-0.2, -0.15) is 0 Å². The third kappa shape index (κ3) is 3.47. The number of likely N-dealkylation sites (tertiary alicyclic amines) is 1. The molecule has 2 atom stereocenters. The van der Waals surface area contributed by atoms with Crippen LogP contribution in [0.15, 0.2) is 30.3 Å². The molecule has 0 aromatic heterocycles. The molecule has 2 N–H and O–H groups in total. The largest absolute Gasteiger partial charge is 0.449 e. The molecule has 104 valence electrons. The molecule has 2 unspecified atom stereocenters. The number of carbonyl (C=O) groups is 1. The standard InChI is InChI=1S/C15H22N2O2/c1-2-3-9-19-15(18)17-10-13(14(16)11-17)12-7-5-4-6-8-12/h4-8,13-14H,2-3,9-11,16H2,1H3. The maximum absolute atomic E-state index is 11.9. The molecular formula is C15H22N2O2. The van der Waals surface area contributed by atoms with Gasteiger partial charge in [0.15, 0.2) is 0 Å². The minimum Gasteiger partial charge on any atom is -0.449 e. The molecule has 1 heterocycles. The van der Waals surface area contributed by atoms with E-state index < -0.39 is 0 Å². The molecule has 0 saturated carbocycles. The van der Waals surface area contributed by atoms with Gasteiger partial charge in [0.05, 0.1) is 6.61 Å². The predicted molar refractivity (Wildman–Crippen MR) is 75.0 cm³/mol. The lowest BCUT2D eigenvalue weighted by molar-refractivity contribution is 0.108. The summed E-state index contributed by atoms with van der Waals surface area (Å²) in [6, 6.07) is 10.1. The van der Waals surface area contributed by atoms with E-state index in [1.807, 2.05) is 18.2 Å². The van der Waals surface area contributed by atoms with Crippen molar-refractivity contribution in [2.24, 2.45) is 5.73 Å². The number of nitrogens with two attached hydrogens (primary N) is 1. The highest BCUT2D eigenvalue weighted by atomic mass is 16.6. The highest BCUT2D eigenvalue weighted by Gasteiger charge is 2.34. The van der Waals surface area contributed by atoms with Crippen LogP contribution in [-0.2, 0) is 4.74 Å². The van der Waals surface area contributed by atoms with Gasteiger partial charge in [0.25, 0.3) is 0 Å². The number of ether oxygens (including phenoxy) is 1. The lowest BCUT2D eigenvalue weighted by Crippen LogP contribution is -2.32. The average Bonchev–Trinajstić information content (AvgIpc) is 2.82. The number of nitrogens with zero attached hydrogens (tertiary/aromatic N) is 1.